The Balaban J connectivity index is 1.66. The number of rotatable bonds is 9. The third-order valence-corrected chi connectivity index (χ3v) is 8.21. The van der Waals surface area contributed by atoms with Crippen molar-refractivity contribution in [3.8, 4) is 11.8 Å². The molecule has 0 radical (unpaired) electrons. The normalized spacial score (nSPS) is 17.5. The number of hydrogen-bond acceptors (Lipinski definition) is 6. The van der Waals surface area contributed by atoms with Gasteiger partial charge in [0.2, 0.25) is 0 Å². The van der Waals surface area contributed by atoms with Crippen LogP contribution in [0.2, 0.25) is 25.7 Å². The zero-order valence-corrected chi connectivity index (χ0v) is 21.3. The van der Waals surface area contributed by atoms with Crippen molar-refractivity contribution in [1.82, 2.24) is 19.4 Å². The van der Waals surface area contributed by atoms with Crippen LogP contribution in [0, 0.1) is 11.3 Å². The van der Waals surface area contributed by atoms with Crippen molar-refractivity contribution in [3.05, 3.63) is 30.2 Å². The summed E-state index contributed by atoms with van der Waals surface area (Å²) in [6.45, 7) is 13.2. The smallest absolute Gasteiger partial charge is 0.146 e. The van der Waals surface area contributed by atoms with Crippen molar-refractivity contribution in [2.75, 3.05) is 26.3 Å². The van der Waals surface area contributed by atoms with Crippen molar-refractivity contribution in [2.24, 2.45) is 0 Å². The number of hydrogen-bond donors (Lipinski definition) is 0. The molecule has 4 rings (SSSR count). The molecule has 0 saturated carbocycles. The van der Waals surface area contributed by atoms with Gasteiger partial charge in [0, 0.05) is 32.3 Å². The van der Waals surface area contributed by atoms with Gasteiger partial charge < -0.3 is 9.47 Å². The largest absolute Gasteiger partial charge is 0.491 e. The number of likely N-dealkylation sites (N-methyl/N-ethyl adjacent to an activating group) is 1. The van der Waals surface area contributed by atoms with Crippen LogP contribution in [-0.2, 0) is 11.5 Å². The van der Waals surface area contributed by atoms with Gasteiger partial charge in [0.25, 0.3) is 0 Å². The lowest BCUT2D eigenvalue weighted by Gasteiger charge is -2.34. The van der Waals surface area contributed by atoms with Gasteiger partial charge in [0.1, 0.15) is 36.5 Å². The highest BCUT2D eigenvalue weighted by molar-refractivity contribution is 6.76. The first-order chi connectivity index (χ1) is 15.9. The van der Waals surface area contributed by atoms with Crippen molar-refractivity contribution in [1.29, 1.82) is 5.26 Å². The minimum atomic E-state index is -1.17. The van der Waals surface area contributed by atoms with E-state index in [1.807, 2.05) is 12.1 Å². The standard InChI is InChI=1S/C25H35N5O2Si/c1-5-29-11-7-6-8-20(29)17-32-23-9-10-27-25-24(23)21-14-19(15-26)28-16-22(21)30(25)18-31-12-13-33(2,3)4/h9-10,14,16,20H,5-8,11-13,17-18H2,1-4H3. The molecule has 1 atom stereocenters. The monoisotopic (exact) mass is 465 g/mol. The van der Waals surface area contributed by atoms with E-state index in [4.69, 9.17) is 9.47 Å². The molecule has 0 N–H and O–H groups in total. The second-order valence-electron chi connectivity index (χ2n) is 10.1. The Labute approximate surface area is 197 Å². The quantitative estimate of drug-likeness (QED) is 0.326. The predicted molar refractivity (Wildman–Crippen MR) is 134 cm³/mol. The Morgan fingerprint density at radius 3 is 2.85 bits per heavy atom. The topological polar surface area (TPSA) is 76.2 Å². The summed E-state index contributed by atoms with van der Waals surface area (Å²) >= 11 is 0. The fraction of sp³-hybridized carbons (Fsp3) is 0.560. The molecular formula is C25H35N5O2Si. The molecule has 0 amide bonds. The van der Waals surface area contributed by atoms with Gasteiger partial charge in [-0.3, -0.25) is 9.47 Å². The summed E-state index contributed by atoms with van der Waals surface area (Å²) in [5.41, 5.74) is 2.11. The van der Waals surface area contributed by atoms with Crippen molar-refractivity contribution >= 4 is 30.0 Å². The summed E-state index contributed by atoms with van der Waals surface area (Å²) in [7, 11) is -1.17. The molecule has 1 aliphatic rings. The van der Waals surface area contributed by atoms with Gasteiger partial charge in [-0.1, -0.05) is 33.0 Å². The number of likely N-dealkylation sites (tertiary alicyclic amines) is 1. The van der Waals surface area contributed by atoms with Crippen LogP contribution < -0.4 is 4.74 Å². The molecule has 1 aliphatic heterocycles. The number of pyridine rings is 2. The maximum Gasteiger partial charge on any atom is 0.146 e. The Hall–Kier alpha value is -2.47. The highest BCUT2D eigenvalue weighted by Gasteiger charge is 2.23. The molecule has 3 aromatic rings. The van der Waals surface area contributed by atoms with Crippen LogP contribution in [0.3, 0.4) is 0 Å². The van der Waals surface area contributed by atoms with Gasteiger partial charge in [-0.25, -0.2) is 9.97 Å². The lowest BCUT2D eigenvalue weighted by atomic mass is 10.0. The lowest BCUT2D eigenvalue weighted by Crippen LogP contribution is -2.42. The highest BCUT2D eigenvalue weighted by Crippen LogP contribution is 2.35. The first kappa shape index (κ1) is 23.7. The van der Waals surface area contributed by atoms with E-state index in [9.17, 15) is 5.26 Å². The van der Waals surface area contributed by atoms with Crippen molar-refractivity contribution in [2.45, 2.75) is 64.6 Å². The average Bonchev–Trinajstić information content (AvgIpc) is 3.13. The molecule has 0 aromatic carbocycles. The summed E-state index contributed by atoms with van der Waals surface area (Å²) in [6.07, 6.45) is 7.23. The van der Waals surface area contributed by atoms with E-state index in [-0.39, 0.29) is 0 Å². The molecule has 0 bridgehead atoms. The van der Waals surface area contributed by atoms with E-state index < -0.39 is 8.07 Å². The maximum absolute atomic E-state index is 9.43. The number of ether oxygens (including phenoxy) is 2. The van der Waals surface area contributed by atoms with E-state index in [2.05, 4.69) is 52.1 Å². The molecule has 1 fully saturated rings. The van der Waals surface area contributed by atoms with E-state index in [1.165, 1.54) is 12.8 Å². The third-order valence-electron chi connectivity index (χ3n) is 6.51. The molecule has 7 nitrogen and oxygen atoms in total. The minimum Gasteiger partial charge on any atom is -0.491 e. The van der Waals surface area contributed by atoms with Crippen LogP contribution in [0.15, 0.2) is 24.5 Å². The van der Waals surface area contributed by atoms with Gasteiger partial charge in [0.15, 0.2) is 0 Å². The zero-order chi connectivity index (χ0) is 23.4. The van der Waals surface area contributed by atoms with Crippen LogP contribution in [0.1, 0.15) is 31.9 Å². The van der Waals surface area contributed by atoms with Crippen LogP contribution in [0.25, 0.3) is 21.9 Å². The molecule has 4 heterocycles. The second-order valence-corrected chi connectivity index (χ2v) is 15.7. The number of nitriles is 1. The molecule has 3 aromatic heterocycles. The van der Waals surface area contributed by atoms with E-state index in [1.54, 1.807) is 12.4 Å². The average molecular weight is 466 g/mol. The first-order valence-electron chi connectivity index (χ1n) is 12.0. The first-order valence-corrected chi connectivity index (χ1v) is 15.7. The summed E-state index contributed by atoms with van der Waals surface area (Å²) in [6, 6.07) is 7.48. The fourth-order valence-corrected chi connectivity index (χ4v) is 5.32. The van der Waals surface area contributed by atoms with Gasteiger partial charge in [-0.2, -0.15) is 5.26 Å². The molecular weight excluding hydrogens is 430 g/mol. The molecule has 33 heavy (non-hydrogen) atoms. The summed E-state index contributed by atoms with van der Waals surface area (Å²) < 4.78 is 14.5. The van der Waals surface area contributed by atoms with Crippen LogP contribution in [0.5, 0.6) is 5.75 Å². The Morgan fingerprint density at radius 1 is 1.24 bits per heavy atom. The Bertz CT molecular complexity index is 1150. The van der Waals surface area contributed by atoms with Crippen molar-refractivity contribution in [3.63, 3.8) is 0 Å². The molecule has 1 saturated heterocycles. The Morgan fingerprint density at radius 2 is 2.09 bits per heavy atom. The van der Waals surface area contributed by atoms with E-state index in [0.717, 1.165) is 59.8 Å². The van der Waals surface area contributed by atoms with Gasteiger partial charge in [-0.15, -0.1) is 0 Å². The molecule has 0 aliphatic carbocycles. The van der Waals surface area contributed by atoms with Gasteiger partial charge >= 0.3 is 0 Å². The number of fused-ring (bicyclic) bond motifs is 3. The lowest BCUT2D eigenvalue weighted by molar-refractivity contribution is 0.0925. The predicted octanol–water partition coefficient (Wildman–Crippen LogP) is 5.02. The SMILES string of the molecule is CCN1CCCCC1COc1ccnc2c1c1cc(C#N)ncc1n2COCC[Si](C)(C)C. The fourth-order valence-electron chi connectivity index (χ4n) is 4.57. The molecule has 8 heteroatoms. The van der Waals surface area contributed by atoms with E-state index >= 15 is 0 Å². The summed E-state index contributed by atoms with van der Waals surface area (Å²) in [5, 5.41) is 11.3. The van der Waals surface area contributed by atoms with Crippen LogP contribution in [-0.4, -0.2) is 59.9 Å². The summed E-state index contributed by atoms with van der Waals surface area (Å²) in [5.74, 6) is 0.808. The van der Waals surface area contributed by atoms with E-state index in [0.29, 0.717) is 25.1 Å². The minimum absolute atomic E-state index is 0.389. The zero-order valence-electron chi connectivity index (χ0n) is 20.3. The van der Waals surface area contributed by atoms with Gasteiger partial charge in [0.05, 0.1) is 17.1 Å². The molecule has 0 spiro atoms. The second kappa shape index (κ2) is 10.2. The van der Waals surface area contributed by atoms with Gasteiger partial charge in [-0.05, 0) is 44.1 Å². The number of aromatic nitrogens is 3. The highest BCUT2D eigenvalue weighted by atomic mass is 28.3. The summed E-state index contributed by atoms with van der Waals surface area (Å²) in [4.78, 5) is 11.5. The molecule has 1 unspecified atom stereocenters. The van der Waals surface area contributed by atoms with Crippen LogP contribution >= 0.6 is 0 Å². The number of piperidine rings is 1. The molecule has 176 valence electrons. The Kier molecular flexibility index (Phi) is 7.32. The third kappa shape index (κ3) is 5.37. The maximum atomic E-state index is 9.43. The van der Waals surface area contributed by atoms with Crippen molar-refractivity contribution < 1.29 is 9.47 Å². The van der Waals surface area contributed by atoms with Crippen LogP contribution in [0.4, 0.5) is 0 Å². The number of nitrogens with zero attached hydrogens (tertiary/aromatic N) is 5.